The molecule has 2 atom stereocenters. The number of non-ortho nitro benzene ring substituents is 1. The minimum absolute atomic E-state index is 0.0875. The molecule has 86 valence electrons. The minimum Gasteiger partial charge on any atom is -0.379 e. The molecule has 2 unspecified atom stereocenters. The molecular formula is C10H14N4O2. The predicted octanol–water partition coefficient (Wildman–Crippen LogP) is 0.653. The fourth-order valence-corrected chi connectivity index (χ4v) is 1.81. The monoisotopic (exact) mass is 222 g/mol. The van der Waals surface area contributed by atoms with Gasteiger partial charge < -0.3 is 16.4 Å². The van der Waals surface area contributed by atoms with Gasteiger partial charge >= 0.3 is 0 Å². The van der Waals surface area contributed by atoms with Crippen LogP contribution >= 0.6 is 0 Å². The second kappa shape index (κ2) is 4.46. The summed E-state index contributed by atoms with van der Waals surface area (Å²) in [6, 6.07) is 6.58. The standard InChI is InChI=1S/C10H14N4O2/c11-10-9(4-5-12-10)13-7-2-1-3-8(6-7)14(15)16/h1-3,6,9-10,12-13H,4-5,11H2. The Morgan fingerprint density at radius 1 is 1.56 bits per heavy atom. The van der Waals surface area contributed by atoms with Crippen LogP contribution in [0.15, 0.2) is 24.3 Å². The van der Waals surface area contributed by atoms with E-state index >= 15 is 0 Å². The minimum atomic E-state index is -0.405. The topological polar surface area (TPSA) is 93.2 Å². The van der Waals surface area contributed by atoms with Gasteiger partial charge in [0.1, 0.15) is 0 Å². The summed E-state index contributed by atoms with van der Waals surface area (Å²) in [5.41, 5.74) is 6.64. The number of anilines is 1. The Bertz CT molecular complexity index is 396. The molecule has 1 aromatic carbocycles. The molecule has 16 heavy (non-hydrogen) atoms. The number of nitrogens with two attached hydrogens (primary N) is 1. The molecule has 1 saturated heterocycles. The van der Waals surface area contributed by atoms with Crippen molar-refractivity contribution in [3.8, 4) is 0 Å². The van der Waals surface area contributed by atoms with Gasteiger partial charge in [-0.1, -0.05) is 6.07 Å². The Morgan fingerprint density at radius 2 is 2.38 bits per heavy atom. The summed E-state index contributed by atoms with van der Waals surface area (Å²) in [5.74, 6) is 0. The number of benzene rings is 1. The molecule has 0 radical (unpaired) electrons. The van der Waals surface area contributed by atoms with E-state index in [0.717, 1.165) is 18.7 Å². The maximum atomic E-state index is 10.6. The second-order valence-electron chi connectivity index (χ2n) is 3.83. The van der Waals surface area contributed by atoms with Gasteiger partial charge in [0, 0.05) is 17.8 Å². The van der Waals surface area contributed by atoms with Gasteiger partial charge in [0.2, 0.25) is 0 Å². The van der Waals surface area contributed by atoms with E-state index in [-0.39, 0.29) is 17.9 Å². The molecule has 1 fully saturated rings. The molecule has 6 nitrogen and oxygen atoms in total. The zero-order valence-corrected chi connectivity index (χ0v) is 8.72. The number of rotatable bonds is 3. The van der Waals surface area contributed by atoms with Gasteiger partial charge in [-0.3, -0.25) is 10.1 Å². The Kier molecular flexibility index (Phi) is 3.02. The van der Waals surface area contributed by atoms with Gasteiger partial charge in [0.15, 0.2) is 0 Å². The SMILES string of the molecule is NC1NCCC1Nc1cccc([N+](=O)[O-])c1. The number of hydrogen-bond donors (Lipinski definition) is 3. The molecule has 6 heteroatoms. The highest BCUT2D eigenvalue weighted by Gasteiger charge is 2.23. The molecular weight excluding hydrogens is 208 g/mol. The predicted molar refractivity (Wildman–Crippen MR) is 61.1 cm³/mol. The van der Waals surface area contributed by atoms with E-state index in [2.05, 4.69) is 10.6 Å². The average Bonchev–Trinajstić information content (AvgIpc) is 2.65. The normalized spacial score (nSPS) is 24.3. The van der Waals surface area contributed by atoms with Crippen molar-refractivity contribution < 1.29 is 4.92 Å². The van der Waals surface area contributed by atoms with Crippen molar-refractivity contribution in [2.24, 2.45) is 5.73 Å². The van der Waals surface area contributed by atoms with Crippen LogP contribution in [0.25, 0.3) is 0 Å². The summed E-state index contributed by atoms with van der Waals surface area (Å²) in [6.07, 6.45) is 0.823. The number of nitrogens with one attached hydrogen (secondary N) is 2. The van der Waals surface area contributed by atoms with E-state index in [9.17, 15) is 10.1 Å². The lowest BCUT2D eigenvalue weighted by molar-refractivity contribution is -0.384. The molecule has 2 rings (SSSR count). The van der Waals surface area contributed by atoms with Crippen LogP contribution in [0.5, 0.6) is 0 Å². The van der Waals surface area contributed by atoms with Crippen LogP contribution < -0.4 is 16.4 Å². The maximum Gasteiger partial charge on any atom is 0.271 e. The van der Waals surface area contributed by atoms with Gasteiger partial charge in [0.05, 0.1) is 17.1 Å². The largest absolute Gasteiger partial charge is 0.379 e. The van der Waals surface area contributed by atoms with Crippen LogP contribution in [0.3, 0.4) is 0 Å². The smallest absolute Gasteiger partial charge is 0.271 e. The summed E-state index contributed by atoms with van der Waals surface area (Å²) < 4.78 is 0. The first kappa shape index (κ1) is 10.8. The van der Waals surface area contributed by atoms with Gasteiger partial charge in [-0.25, -0.2) is 0 Å². The first-order valence-corrected chi connectivity index (χ1v) is 5.17. The zero-order valence-electron chi connectivity index (χ0n) is 8.72. The first-order valence-electron chi connectivity index (χ1n) is 5.17. The fraction of sp³-hybridized carbons (Fsp3) is 0.400. The summed E-state index contributed by atoms with van der Waals surface area (Å²) in [7, 11) is 0. The van der Waals surface area contributed by atoms with Gasteiger partial charge in [0.25, 0.3) is 5.69 Å². The highest BCUT2D eigenvalue weighted by Crippen LogP contribution is 2.19. The average molecular weight is 222 g/mol. The van der Waals surface area contributed by atoms with E-state index in [4.69, 9.17) is 5.73 Å². The van der Waals surface area contributed by atoms with Crippen molar-refractivity contribution >= 4 is 11.4 Å². The molecule has 0 amide bonds. The quantitative estimate of drug-likeness (QED) is 0.516. The van der Waals surface area contributed by atoms with E-state index in [1.165, 1.54) is 12.1 Å². The molecule has 0 spiro atoms. The lowest BCUT2D eigenvalue weighted by atomic mass is 10.2. The van der Waals surface area contributed by atoms with Crippen LogP contribution in [-0.4, -0.2) is 23.7 Å². The Labute approximate surface area is 93.0 Å². The molecule has 0 bridgehead atoms. The Balaban J connectivity index is 2.09. The molecule has 1 aliphatic heterocycles. The molecule has 0 aromatic heterocycles. The molecule has 1 aromatic rings. The maximum absolute atomic E-state index is 10.6. The second-order valence-corrected chi connectivity index (χ2v) is 3.83. The van der Waals surface area contributed by atoms with Crippen molar-refractivity contribution in [3.05, 3.63) is 34.4 Å². The Hall–Kier alpha value is -1.66. The van der Waals surface area contributed by atoms with Gasteiger partial charge in [-0.15, -0.1) is 0 Å². The summed E-state index contributed by atoms with van der Waals surface area (Å²) >= 11 is 0. The van der Waals surface area contributed by atoms with Crippen LogP contribution in [0.1, 0.15) is 6.42 Å². The van der Waals surface area contributed by atoms with Crippen molar-refractivity contribution in [3.63, 3.8) is 0 Å². The highest BCUT2D eigenvalue weighted by atomic mass is 16.6. The fourth-order valence-electron chi connectivity index (χ4n) is 1.81. The third-order valence-electron chi connectivity index (χ3n) is 2.68. The third kappa shape index (κ3) is 2.29. The van der Waals surface area contributed by atoms with Crippen molar-refractivity contribution in [1.29, 1.82) is 0 Å². The van der Waals surface area contributed by atoms with Gasteiger partial charge in [-0.2, -0.15) is 0 Å². The first-order chi connectivity index (χ1) is 7.66. The van der Waals surface area contributed by atoms with Crippen LogP contribution in [0, 0.1) is 10.1 Å². The lowest BCUT2D eigenvalue weighted by Gasteiger charge is -2.17. The van der Waals surface area contributed by atoms with Crippen LogP contribution in [0.4, 0.5) is 11.4 Å². The highest BCUT2D eigenvalue weighted by molar-refractivity contribution is 5.51. The molecule has 0 saturated carbocycles. The van der Waals surface area contributed by atoms with E-state index < -0.39 is 4.92 Å². The molecule has 1 heterocycles. The summed E-state index contributed by atoms with van der Waals surface area (Å²) in [5, 5.41) is 16.9. The van der Waals surface area contributed by atoms with Gasteiger partial charge in [-0.05, 0) is 19.0 Å². The number of hydrogen-bond acceptors (Lipinski definition) is 5. The van der Waals surface area contributed by atoms with E-state index in [1.54, 1.807) is 12.1 Å². The van der Waals surface area contributed by atoms with Crippen LogP contribution in [0.2, 0.25) is 0 Å². The molecule has 0 aliphatic carbocycles. The summed E-state index contributed by atoms with van der Waals surface area (Å²) in [4.78, 5) is 10.2. The van der Waals surface area contributed by atoms with Crippen LogP contribution in [-0.2, 0) is 0 Å². The zero-order chi connectivity index (χ0) is 11.5. The number of nitrogens with zero attached hydrogens (tertiary/aromatic N) is 1. The van der Waals surface area contributed by atoms with Crippen molar-refractivity contribution in [1.82, 2.24) is 5.32 Å². The van der Waals surface area contributed by atoms with E-state index in [1.807, 2.05) is 0 Å². The van der Waals surface area contributed by atoms with E-state index in [0.29, 0.717) is 0 Å². The summed E-state index contributed by atoms with van der Waals surface area (Å²) in [6.45, 7) is 0.869. The lowest BCUT2D eigenvalue weighted by Crippen LogP contribution is -2.42. The Morgan fingerprint density at radius 3 is 3.00 bits per heavy atom. The molecule has 4 N–H and O–H groups in total. The molecule has 1 aliphatic rings. The van der Waals surface area contributed by atoms with Crippen molar-refractivity contribution in [2.75, 3.05) is 11.9 Å². The van der Waals surface area contributed by atoms with Crippen molar-refractivity contribution in [2.45, 2.75) is 18.6 Å². The third-order valence-corrected chi connectivity index (χ3v) is 2.68. The number of nitro benzene ring substituents is 1. The number of nitro groups is 1.